The van der Waals surface area contributed by atoms with Gasteiger partial charge in [-0.2, -0.15) is 0 Å². The fourth-order valence-electron chi connectivity index (χ4n) is 2.48. The van der Waals surface area contributed by atoms with Crippen LogP contribution in [0.5, 0.6) is 5.75 Å². The van der Waals surface area contributed by atoms with E-state index in [1.165, 1.54) is 12.1 Å². The van der Waals surface area contributed by atoms with Gasteiger partial charge in [-0.3, -0.25) is 9.59 Å². The van der Waals surface area contributed by atoms with Crippen molar-refractivity contribution in [1.82, 2.24) is 10.6 Å². The molecule has 0 saturated heterocycles. The Balaban J connectivity index is 1.81. The van der Waals surface area contributed by atoms with Crippen LogP contribution in [0.15, 0.2) is 53.4 Å². The Kier molecular flexibility index (Phi) is 7.13. The van der Waals surface area contributed by atoms with E-state index in [2.05, 4.69) is 10.6 Å². The molecule has 0 aliphatic carbocycles. The van der Waals surface area contributed by atoms with Crippen molar-refractivity contribution in [2.45, 2.75) is 24.3 Å². The second-order valence-corrected chi connectivity index (χ2v) is 7.72. The zero-order valence-electron chi connectivity index (χ0n) is 15.6. The van der Waals surface area contributed by atoms with Crippen LogP contribution in [0.3, 0.4) is 0 Å². The number of methoxy groups -OCH3 is 1. The number of hydrogen-bond acceptors (Lipinski definition) is 5. The number of carbonyl (C=O) groups is 2. The van der Waals surface area contributed by atoms with E-state index < -0.39 is 21.8 Å². The van der Waals surface area contributed by atoms with Crippen molar-refractivity contribution in [1.29, 1.82) is 0 Å². The number of carbonyl (C=O) groups excluding carboxylic acids is 2. The molecule has 28 heavy (non-hydrogen) atoms. The van der Waals surface area contributed by atoms with Crippen LogP contribution >= 0.6 is 0 Å². The third-order valence-electron chi connectivity index (χ3n) is 4.12. The molecule has 150 valence electrons. The summed E-state index contributed by atoms with van der Waals surface area (Å²) in [6, 6.07) is 12.9. The van der Waals surface area contributed by atoms with Crippen molar-refractivity contribution >= 4 is 21.8 Å². The maximum absolute atomic E-state index is 12.0. The summed E-state index contributed by atoms with van der Waals surface area (Å²) in [6.07, 6.45) is 0.442. The zero-order chi connectivity index (χ0) is 20.7. The topological polar surface area (TPSA) is 128 Å². The third kappa shape index (κ3) is 6.07. The predicted octanol–water partition coefficient (Wildman–Crippen LogP) is 0.879. The van der Waals surface area contributed by atoms with E-state index in [4.69, 9.17) is 9.88 Å². The Labute approximate surface area is 164 Å². The highest BCUT2D eigenvalue weighted by molar-refractivity contribution is 7.89. The maximum Gasteiger partial charge on any atom is 0.309 e. The van der Waals surface area contributed by atoms with Crippen molar-refractivity contribution in [2.75, 3.05) is 13.7 Å². The molecule has 1 unspecified atom stereocenters. The van der Waals surface area contributed by atoms with E-state index in [0.29, 0.717) is 12.2 Å². The molecule has 0 spiro atoms. The Hall–Kier alpha value is -2.91. The highest BCUT2D eigenvalue weighted by atomic mass is 32.2. The van der Waals surface area contributed by atoms with Gasteiger partial charge >= 0.3 is 11.8 Å². The van der Waals surface area contributed by atoms with Gasteiger partial charge in [0.15, 0.2) is 0 Å². The van der Waals surface area contributed by atoms with Gasteiger partial charge in [-0.05, 0) is 48.7 Å². The van der Waals surface area contributed by atoms with Crippen molar-refractivity contribution in [3.63, 3.8) is 0 Å². The van der Waals surface area contributed by atoms with Crippen LogP contribution in [-0.2, 0) is 26.0 Å². The summed E-state index contributed by atoms with van der Waals surface area (Å²) < 4.78 is 27.5. The molecule has 1 atom stereocenters. The first-order valence-corrected chi connectivity index (χ1v) is 10.1. The second kappa shape index (κ2) is 9.34. The summed E-state index contributed by atoms with van der Waals surface area (Å²) in [4.78, 5) is 24.0. The van der Waals surface area contributed by atoms with Gasteiger partial charge in [0.25, 0.3) is 0 Å². The Morgan fingerprint density at radius 3 is 2.18 bits per heavy atom. The zero-order valence-corrected chi connectivity index (χ0v) is 16.5. The van der Waals surface area contributed by atoms with Crippen molar-refractivity contribution < 1.29 is 22.7 Å². The molecule has 0 aliphatic heterocycles. The van der Waals surface area contributed by atoms with Crippen molar-refractivity contribution in [3.8, 4) is 5.75 Å². The Morgan fingerprint density at radius 1 is 1.04 bits per heavy atom. The third-order valence-corrected chi connectivity index (χ3v) is 5.05. The van der Waals surface area contributed by atoms with Crippen LogP contribution in [-0.4, -0.2) is 33.9 Å². The summed E-state index contributed by atoms with van der Waals surface area (Å²) in [7, 11) is -2.16. The number of hydrogen-bond donors (Lipinski definition) is 3. The van der Waals surface area contributed by atoms with Gasteiger partial charge in [0.2, 0.25) is 10.0 Å². The van der Waals surface area contributed by atoms with E-state index in [9.17, 15) is 18.0 Å². The molecule has 2 amide bonds. The fraction of sp³-hybridized carbons (Fsp3) is 0.263. The molecule has 0 heterocycles. The Morgan fingerprint density at radius 2 is 1.64 bits per heavy atom. The lowest BCUT2D eigenvalue weighted by Crippen LogP contribution is -2.41. The van der Waals surface area contributed by atoms with Gasteiger partial charge in [-0.1, -0.05) is 24.3 Å². The first kappa shape index (κ1) is 21.4. The summed E-state index contributed by atoms with van der Waals surface area (Å²) >= 11 is 0. The monoisotopic (exact) mass is 405 g/mol. The molecule has 9 heteroatoms. The van der Waals surface area contributed by atoms with Crippen molar-refractivity contribution in [3.05, 3.63) is 59.7 Å². The molecule has 0 radical (unpaired) electrons. The minimum absolute atomic E-state index is 0.0205. The van der Waals surface area contributed by atoms with Crippen LogP contribution in [0.1, 0.15) is 24.1 Å². The summed E-state index contributed by atoms with van der Waals surface area (Å²) in [5, 5.41) is 10.2. The molecular formula is C19H23N3O5S. The van der Waals surface area contributed by atoms with Gasteiger partial charge < -0.3 is 15.4 Å². The average molecular weight is 405 g/mol. The number of primary sulfonamides is 1. The number of ether oxygens (including phenoxy) is 1. The first-order chi connectivity index (χ1) is 13.2. The SMILES string of the molecule is COc1ccc(C(C)NC(=O)C(=O)NCCc2ccc(S(N)(=O)=O)cc2)cc1. The van der Waals surface area contributed by atoms with E-state index in [1.54, 1.807) is 38.3 Å². The number of nitrogens with two attached hydrogens (primary N) is 1. The molecule has 0 aromatic heterocycles. The number of sulfonamides is 1. The standard InChI is InChI=1S/C19H23N3O5S/c1-13(15-5-7-16(27-2)8-6-15)22-19(24)18(23)21-12-11-14-3-9-17(10-4-14)28(20,25)26/h3-10,13H,11-12H2,1-2H3,(H,21,23)(H,22,24)(H2,20,25,26). The minimum atomic E-state index is -3.73. The van der Waals surface area contributed by atoms with E-state index in [1.807, 2.05) is 12.1 Å². The van der Waals surface area contributed by atoms with E-state index in [-0.39, 0.29) is 17.5 Å². The lowest BCUT2D eigenvalue weighted by atomic mass is 10.1. The van der Waals surface area contributed by atoms with Crippen LogP contribution in [0.25, 0.3) is 0 Å². The van der Waals surface area contributed by atoms with E-state index >= 15 is 0 Å². The number of nitrogens with one attached hydrogen (secondary N) is 2. The maximum atomic E-state index is 12.0. The molecule has 2 rings (SSSR count). The second-order valence-electron chi connectivity index (χ2n) is 6.16. The quantitative estimate of drug-likeness (QED) is 0.589. The van der Waals surface area contributed by atoms with Gasteiger partial charge in [-0.25, -0.2) is 13.6 Å². The summed E-state index contributed by atoms with van der Waals surface area (Å²) in [5.41, 5.74) is 1.65. The number of rotatable bonds is 7. The van der Waals surface area contributed by atoms with Gasteiger partial charge in [0.05, 0.1) is 18.0 Å². The number of benzene rings is 2. The van der Waals surface area contributed by atoms with E-state index in [0.717, 1.165) is 11.1 Å². The van der Waals surface area contributed by atoms with Gasteiger partial charge in [-0.15, -0.1) is 0 Å². The minimum Gasteiger partial charge on any atom is -0.497 e. The smallest absolute Gasteiger partial charge is 0.309 e. The highest BCUT2D eigenvalue weighted by Crippen LogP contribution is 2.17. The average Bonchev–Trinajstić information content (AvgIpc) is 2.67. The highest BCUT2D eigenvalue weighted by Gasteiger charge is 2.16. The summed E-state index contributed by atoms with van der Waals surface area (Å²) in [6.45, 7) is 2.01. The fourth-order valence-corrected chi connectivity index (χ4v) is 3.00. The molecule has 2 aromatic carbocycles. The molecule has 0 fully saturated rings. The predicted molar refractivity (Wildman–Crippen MR) is 104 cm³/mol. The summed E-state index contributed by atoms with van der Waals surface area (Å²) in [5.74, 6) is -0.758. The molecule has 4 N–H and O–H groups in total. The normalized spacial score (nSPS) is 12.1. The molecule has 8 nitrogen and oxygen atoms in total. The van der Waals surface area contributed by atoms with Crippen LogP contribution in [0, 0.1) is 0 Å². The lowest BCUT2D eigenvalue weighted by molar-refractivity contribution is -0.139. The molecule has 0 aliphatic rings. The first-order valence-electron chi connectivity index (χ1n) is 8.55. The van der Waals surface area contributed by atoms with Crippen molar-refractivity contribution in [2.24, 2.45) is 5.14 Å². The van der Waals surface area contributed by atoms with Crippen LogP contribution in [0.2, 0.25) is 0 Å². The van der Waals surface area contributed by atoms with Crippen LogP contribution in [0.4, 0.5) is 0 Å². The number of amides is 2. The molecule has 0 bridgehead atoms. The molecule has 2 aromatic rings. The molecule has 0 saturated carbocycles. The largest absolute Gasteiger partial charge is 0.497 e. The van der Waals surface area contributed by atoms with Gasteiger partial charge in [0, 0.05) is 6.54 Å². The van der Waals surface area contributed by atoms with Crippen LogP contribution < -0.4 is 20.5 Å². The lowest BCUT2D eigenvalue weighted by Gasteiger charge is -2.14. The Bertz CT molecular complexity index is 925. The molecular weight excluding hydrogens is 382 g/mol. The van der Waals surface area contributed by atoms with Gasteiger partial charge in [0.1, 0.15) is 5.75 Å².